The standard InChI is InChI=1S/C12H19NO2S/c1-7(2)5-15-12(14)10-9(8(3)4)6-16-11(10)13/h6-8H,5,13H2,1-4H3. The summed E-state index contributed by atoms with van der Waals surface area (Å²) < 4.78 is 5.21. The summed E-state index contributed by atoms with van der Waals surface area (Å²) >= 11 is 1.40. The van der Waals surface area contributed by atoms with E-state index < -0.39 is 0 Å². The zero-order valence-electron chi connectivity index (χ0n) is 10.2. The lowest BCUT2D eigenvalue weighted by Crippen LogP contribution is -2.13. The van der Waals surface area contributed by atoms with Gasteiger partial charge in [0.15, 0.2) is 0 Å². The number of hydrogen-bond acceptors (Lipinski definition) is 4. The summed E-state index contributed by atoms with van der Waals surface area (Å²) in [4.78, 5) is 11.9. The number of rotatable bonds is 4. The van der Waals surface area contributed by atoms with Crippen LogP contribution in [0, 0.1) is 5.92 Å². The highest BCUT2D eigenvalue weighted by Gasteiger charge is 2.20. The minimum atomic E-state index is -0.295. The van der Waals surface area contributed by atoms with Crippen molar-refractivity contribution in [3.63, 3.8) is 0 Å². The second-order valence-corrected chi connectivity index (χ2v) is 5.49. The minimum absolute atomic E-state index is 0.287. The molecule has 0 radical (unpaired) electrons. The molecule has 1 rings (SSSR count). The van der Waals surface area contributed by atoms with Crippen molar-refractivity contribution in [3.8, 4) is 0 Å². The van der Waals surface area contributed by atoms with Crippen LogP contribution in [0.4, 0.5) is 5.00 Å². The van der Waals surface area contributed by atoms with Gasteiger partial charge in [-0.25, -0.2) is 4.79 Å². The van der Waals surface area contributed by atoms with E-state index in [1.165, 1.54) is 11.3 Å². The highest BCUT2D eigenvalue weighted by atomic mass is 32.1. The molecule has 2 N–H and O–H groups in total. The van der Waals surface area contributed by atoms with Crippen LogP contribution in [0.15, 0.2) is 5.38 Å². The lowest BCUT2D eigenvalue weighted by molar-refractivity contribution is 0.0459. The second kappa shape index (κ2) is 5.34. The van der Waals surface area contributed by atoms with Gasteiger partial charge in [0.05, 0.1) is 12.2 Å². The third-order valence-corrected chi connectivity index (χ3v) is 3.05. The number of esters is 1. The molecule has 0 aliphatic carbocycles. The lowest BCUT2D eigenvalue weighted by Gasteiger charge is -2.10. The molecule has 0 spiro atoms. The molecule has 1 aromatic heterocycles. The van der Waals surface area contributed by atoms with Gasteiger partial charge in [0.1, 0.15) is 5.00 Å². The van der Waals surface area contributed by atoms with Gasteiger partial charge in [0.25, 0.3) is 0 Å². The SMILES string of the molecule is CC(C)COC(=O)c1c(C(C)C)csc1N. The van der Waals surface area contributed by atoms with E-state index in [2.05, 4.69) is 0 Å². The maximum atomic E-state index is 11.9. The molecule has 1 heterocycles. The van der Waals surface area contributed by atoms with E-state index in [4.69, 9.17) is 10.5 Å². The first-order valence-electron chi connectivity index (χ1n) is 5.47. The Morgan fingerprint density at radius 1 is 1.44 bits per heavy atom. The predicted molar refractivity (Wildman–Crippen MR) is 67.9 cm³/mol. The molecule has 4 heteroatoms. The summed E-state index contributed by atoms with van der Waals surface area (Å²) in [6.45, 7) is 8.54. The van der Waals surface area contributed by atoms with Crippen molar-refractivity contribution >= 4 is 22.3 Å². The van der Waals surface area contributed by atoms with E-state index in [0.717, 1.165) is 5.56 Å². The highest BCUT2D eigenvalue weighted by Crippen LogP contribution is 2.31. The van der Waals surface area contributed by atoms with E-state index >= 15 is 0 Å². The van der Waals surface area contributed by atoms with Gasteiger partial charge in [-0.3, -0.25) is 0 Å². The molecule has 16 heavy (non-hydrogen) atoms. The molecule has 0 bridgehead atoms. The maximum Gasteiger partial charge on any atom is 0.341 e. The Bertz CT molecular complexity index is 369. The largest absolute Gasteiger partial charge is 0.462 e. The molecule has 0 atom stereocenters. The Labute approximate surface area is 101 Å². The number of thiophene rings is 1. The van der Waals surface area contributed by atoms with Crippen LogP contribution in [0.25, 0.3) is 0 Å². The fraction of sp³-hybridized carbons (Fsp3) is 0.583. The maximum absolute atomic E-state index is 11.9. The van der Waals surface area contributed by atoms with Crippen LogP contribution in [0.3, 0.4) is 0 Å². The van der Waals surface area contributed by atoms with Crippen molar-refractivity contribution in [2.45, 2.75) is 33.6 Å². The molecular weight excluding hydrogens is 222 g/mol. The van der Waals surface area contributed by atoms with Crippen molar-refractivity contribution < 1.29 is 9.53 Å². The number of hydrogen-bond donors (Lipinski definition) is 1. The molecule has 1 aromatic rings. The van der Waals surface area contributed by atoms with Gasteiger partial charge < -0.3 is 10.5 Å². The molecule has 0 fully saturated rings. The average Bonchev–Trinajstić information content (AvgIpc) is 2.56. The van der Waals surface area contributed by atoms with E-state index in [9.17, 15) is 4.79 Å². The first-order valence-corrected chi connectivity index (χ1v) is 6.35. The van der Waals surface area contributed by atoms with Crippen molar-refractivity contribution in [1.29, 1.82) is 0 Å². The Hall–Kier alpha value is -1.03. The van der Waals surface area contributed by atoms with Crippen LogP contribution in [0.2, 0.25) is 0 Å². The molecule has 0 saturated carbocycles. The second-order valence-electron chi connectivity index (χ2n) is 4.58. The van der Waals surface area contributed by atoms with Crippen molar-refractivity contribution in [2.75, 3.05) is 12.3 Å². The molecular formula is C12H19NO2S. The summed E-state index contributed by atoms with van der Waals surface area (Å²) in [6, 6.07) is 0. The molecule has 0 aliphatic rings. The van der Waals surface area contributed by atoms with Crippen molar-refractivity contribution in [2.24, 2.45) is 5.92 Å². The fourth-order valence-electron chi connectivity index (χ4n) is 1.34. The third-order valence-electron chi connectivity index (χ3n) is 2.22. The zero-order valence-corrected chi connectivity index (χ0v) is 11.1. The van der Waals surface area contributed by atoms with Gasteiger partial charge >= 0.3 is 5.97 Å². The molecule has 0 aromatic carbocycles. The van der Waals surface area contributed by atoms with Gasteiger partial charge in [0, 0.05) is 0 Å². The number of ether oxygens (including phenoxy) is 1. The Morgan fingerprint density at radius 3 is 2.56 bits per heavy atom. The summed E-state index contributed by atoms with van der Waals surface area (Å²) in [5.74, 6) is 0.331. The monoisotopic (exact) mass is 241 g/mol. The van der Waals surface area contributed by atoms with Crippen LogP contribution in [0.5, 0.6) is 0 Å². The summed E-state index contributed by atoms with van der Waals surface area (Å²) in [5, 5.41) is 2.49. The fourth-order valence-corrected chi connectivity index (χ4v) is 2.31. The average molecular weight is 241 g/mol. The normalized spacial score (nSPS) is 11.1. The smallest absolute Gasteiger partial charge is 0.341 e. The van der Waals surface area contributed by atoms with Crippen LogP contribution in [-0.4, -0.2) is 12.6 Å². The first-order chi connectivity index (χ1) is 7.43. The first kappa shape index (κ1) is 13.0. The van der Waals surface area contributed by atoms with E-state index in [1.54, 1.807) is 0 Å². The van der Waals surface area contributed by atoms with Gasteiger partial charge in [-0.2, -0.15) is 0 Å². The van der Waals surface area contributed by atoms with Crippen LogP contribution < -0.4 is 5.73 Å². The van der Waals surface area contributed by atoms with E-state index in [0.29, 0.717) is 23.1 Å². The number of anilines is 1. The van der Waals surface area contributed by atoms with Crippen LogP contribution in [-0.2, 0) is 4.74 Å². The molecule has 0 amide bonds. The minimum Gasteiger partial charge on any atom is -0.462 e. The molecule has 0 saturated heterocycles. The number of carbonyl (C=O) groups is 1. The van der Waals surface area contributed by atoms with Crippen molar-refractivity contribution in [1.82, 2.24) is 0 Å². The Morgan fingerprint density at radius 2 is 2.06 bits per heavy atom. The number of nitrogen functional groups attached to an aromatic ring is 1. The molecule has 0 aliphatic heterocycles. The summed E-state index contributed by atoms with van der Waals surface area (Å²) in [6.07, 6.45) is 0. The third kappa shape index (κ3) is 2.98. The number of nitrogens with two attached hydrogens (primary N) is 1. The highest BCUT2D eigenvalue weighted by molar-refractivity contribution is 7.14. The number of carbonyl (C=O) groups excluding carboxylic acids is 1. The van der Waals surface area contributed by atoms with Gasteiger partial charge in [-0.15, -0.1) is 11.3 Å². The van der Waals surface area contributed by atoms with Crippen LogP contribution >= 0.6 is 11.3 Å². The quantitative estimate of drug-likeness (QED) is 0.823. The lowest BCUT2D eigenvalue weighted by atomic mass is 10.0. The molecule has 3 nitrogen and oxygen atoms in total. The van der Waals surface area contributed by atoms with E-state index in [1.807, 2.05) is 33.1 Å². The topological polar surface area (TPSA) is 52.3 Å². The van der Waals surface area contributed by atoms with Crippen LogP contribution in [0.1, 0.15) is 49.5 Å². The Balaban J connectivity index is 2.85. The van der Waals surface area contributed by atoms with Gasteiger partial charge in [0.2, 0.25) is 0 Å². The van der Waals surface area contributed by atoms with Gasteiger partial charge in [-0.1, -0.05) is 27.7 Å². The van der Waals surface area contributed by atoms with E-state index in [-0.39, 0.29) is 11.9 Å². The summed E-state index contributed by atoms with van der Waals surface area (Å²) in [5.41, 5.74) is 7.34. The molecule has 90 valence electrons. The zero-order chi connectivity index (χ0) is 12.3. The Kier molecular flexibility index (Phi) is 4.35. The molecule has 0 unspecified atom stereocenters. The summed E-state index contributed by atoms with van der Waals surface area (Å²) in [7, 11) is 0. The predicted octanol–water partition coefficient (Wildman–Crippen LogP) is 3.27. The van der Waals surface area contributed by atoms with Crippen molar-refractivity contribution in [3.05, 3.63) is 16.5 Å². The van der Waals surface area contributed by atoms with Gasteiger partial charge in [-0.05, 0) is 22.8 Å².